The summed E-state index contributed by atoms with van der Waals surface area (Å²) in [5.74, 6) is 0.883. The Kier molecular flexibility index (Phi) is 3.76. The van der Waals surface area contributed by atoms with Crippen molar-refractivity contribution in [3.63, 3.8) is 0 Å². The van der Waals surface area contributed by atoms with Crippen molar-refractivity contribution >= 4 is 0 Å². The largest absolute Gasteiger partial charge is 0.360 e. The van der Waals surface area contributed by atoms with Crippen molar-refractivity contribution in [3.8, 4) is 0 Å². The average molecular weight is 169 g/mol. The zero-order valence-corrected chi connectivity index (χ0v) is 7.58. The topological polar surface area (TPSA) is 41.3 Å². The lowest BCUT2D eigenvalue weighted by atomic mass is 10.4. The first-order chi connectivity index (χ1) is 5.79. The summed E-state index contributed by atoms with van der Waals surface area (Å²) in [4.78, 5) is 2.13. The highest BCUT2D eigenvalue weighted by molar-refractivity contribution is 4.91. The van der Waals surface area contributed by atoms with E-state index in [2.05, 4.69) is 29.5 Å². The third-order valence-corrected chi connectivity index (χ3v) is 1.53. The molecule has 0 aliphatic rings. The van der Waals surface area contributed by atoms with E-state index in [0.717, 1.165) is 25.4 Å². The summed E-state index contributed by atoms with van der Waals surface area (Å²) in [5.41, 5.74) is 0. The first kappa shape index (κ1) is 9.22. The lowest BCUT2D eigenvalue weighted by Crippen LogP contribution is -2.25. The summed E-state index contributed by atoms with van der Waals surface area (Å²) in [6.07, 6.45) is 1.66. The van der Waals surface area contributed by atoms with Crippen molar-refractivity contribution in [1.29, 1.82) is 0 Å². The normalized spacial score (nSPS) is 10.9. The highest BCUT2D eigenvalue weighted by Gasteiger charge is 1.95. The lowest BCUT2D eigenvalue weighted by Gasteiger charge is -2.08. The van der Waals surface area contributed by atoms with Crippen LogP contribution in [-0.4, -0.2) is 37.2 Å². The second-order valence-electron chi connectivity index (χ2n) is 2.96. The van der Waals surface area contributed by atoms with Crippen molar-refractivity contribution in [2.75, 3.05) is 27.2 Å². The fraction of sp³-hybridized carbons (Fsp3) is 0.625. The second kappa shape index (κ2) is 4.90. The summed E-state index contributed by atoms with van der Waals surface area (Å²) in [6, 6.07) is 1.86. The third kappa shape index (κ3) is 3.50. The number of likely N-dealkylation sites (N-methyl/N-ethyl adjacent to an activating group) is 1. The minimum absolute atomic E-state index is 0.758. The van der Waals surface area contributed by atoms with Gasteiger partial charge in [0.2, 0.25) is 0 Å². The molecule has 0 amide bonds. The number of nitrogens with zero attached hydrogens (tertiary/aromatic N) is 2. The summed E-state index contributed by atoms with van der Waals surface area (Å²) in [6.45, 7) is 2.76. The maximum Gasteiger partial charge on any atom is 0.150 e. The van der Waals surface area contributed by atoms with E-state index in [4.69, 9.17) is 4.52 Å². The van der Waals surface area contributed by atoms with E-state index in [1.165, 1.54) is 0 Å². The Morgan fingerprint density at radius 3 is 3.00 bits per heavy atom. The number of hydrogen-bond acceptors (Lipinski definition) is 4. The Balaban J connectivity index is 2.04. The van der Waals surface area contributed by atoms with Crippen LogP contribution in [0.3, 0.4) is 0 Å². The predicted octanol–water partition coefficient (Wildman–Crippen LogP) is 0.326. The molecule has 0 saturated heterocycles. The number of aromatic nitrogens is 1. The third-order valence-electron chi connectivity index (χ3n) is 1.53. The molecule has 4 nitrogen and oxygen atoms in total. The predicted molar refractivity (Wildman–Crippen MR) is 46.8 cm³/mol. The summed E-state index contributed by atoms with van der Waals surface area (Å²) in [7, 11) is 4.10. The van der Waals surface area contributed by atoms with Gasteiger partial charge in [0.1, 0.15) is 5.76 Å². The van der Waals surface area contributed by atoms with Gasteiger partial charge in [0.25, 0.3) is 0 Å². The van der Waals surface area contributed by atoms with E-state index in [0.29, 0.717) is 0 Å². The van der Waals surface area contributed by atoms with E-state index in [9.17, 15) is 0 Å². The molecule has 1 rings (SSSR count). The molecular formula is C8H15N3O. The van der Waals surface area contributed by atoms with Crippen LogP contribution in [0.4, 0.5) is 0 Å². The van der Waals surface area contributed by atoms with Crippen LogP contribution in [-0.2, 0) is 6.54 Å². The van der Waals surface area contributed by atoms with Crippen LogP contribution in [0, 0.1) is 0 Å². The minimum Gasteiger partial charge on any atom is -0.360 e. The van der Waals surface area contributed by atoms with Crippen LogP contribution < -0.4 is 5.32 Å². The molecule has 0 aliphatic carbocycles. The Morgan fingerprint density at radius 1 is 1.58 bits per heavy atom. The lowest BCUT2D eigenvalue weighted by molar-refractivity contribution is 0.360. The minimum atomic E-state index is 0.758. The number of hydrogen-bond donors (Lipinski definition) is 1. The summed E-state index contributed by atoms with van der Waals surface area (Å²) >= 11 is 0. The zero-order valence-electron chi connectivity index (χ0n) is 7.58. The molecule has 12 heavy (non-hydrogen) atoms. The van der Waals surface area contributed by atoms with Crippen LogP contribution >= 0.6 is 0 Å². The van der Waals surface area contributed by atoms with Gasteiger partial charge in [-0.25, -0.2) is 0 Å². The molecule has 0 aliphatic heterocycles. The molecule has 1 aromatic heterocycles. The molecule has 0 atom stereocenters. The van der Waals surface area contributed by atoms with Gasteiger partial charge in [-0.3, -0.25) is 0 Å². The fourth-order valence-electron chi connectivity index (χ4n) is 0.848. The molecule has 0 bridgehead atoms. The van der Waals surface area contributed by atoms with Crippen molar-refractivity contribution in [2.24, 2.45) is 0 Å². The van der Waals surface area contributed by atoms with Crippen molar-refractivity contribution in [2.45, 2.75) is 6.54 Å². The van der Waals surface area contributed by atoms with Gasteiger partial charge >= 0.3 is 0 Å². The van der Waals surface area contributed by atoms with Crippen LogP contribution in [0.25, 0.3) is 0 Å². The maximum absolute atomic E-state index is 4.91. The summed E-state index contributed by atoms with van der Waals surface area (Å²) < 4.78 is 4.91. The van der Waals surface area contributed by atoms with E-state index >= 15 is 0 Å². The smallest absolute Gasteiger partial charge is 0.150 e. The van der Waals surface area contributed by atoms with Gasteiger partial charge in [-0.2, -0.15) is 0 Å². The number of rotatable bonds is 5. The van der Waals surface area contributed by atoms with E-state index in [1.807, 2.05) is 6.07 Å². The van der Waals surface area contributed by atoms with Crippen molar-refractivity contribution < 1.29 is 4.52 Å². The molecule has 1 N–H and O–H groups in total. The van der Waals surface area contributed by atoms with Gasteiger partial charge in [-0.05, 0) is 14.1 Å². The second-order valence-corrected chi connectivity index (χ2v) is 2.96. The molecule has 0 radical (unpaired) electrons. The Hall–Kier alpha value is -0.870. The van der Waals surface area contributed by atoms with Gasteiger partial charge in [-0.1, -0.05) is 5.16 Å². The molecule has 68 valence electrons. The van der Waals surface area contributed by atoms with Crippen molar-refractivity contribution in [3.05, 3.63) is 18.0 Å². The van der Waals surface area contributed by atoms with E-state index in [1.54, 1.807) is 6.20 Å². The molecular weight excluding hydrogens is 154 g/mol. The first-order valence-electron chi connectivity index (χ1n) is 4.04. The quantitative estimate of drug-likeness (QED) is 0.645. The van der Waals surface area contributed by atoms with Gasteiger partial charge in [0.05, 0.1) is 12.7 Å². The van der Waals surface area contributed by atoms with E-state index < -0.39 is 0 Å². The van der Waals surface area contributed by atoms with Gasteiger partial charge < -0.3 is 14.7 Å². The van der Waals surface area contributed by atoms with Crippen LogP contribution in [0.1, 0.15) is 5.76 Å². The SMILES string of the molecule is CN(C)CCNCc1ccno1. The molecule has 1 aromatic rings. The highest BCUT2D eigenvalue weighted by atomic mass is 16.5. The highest BCUT2D eigenvalue weighted by Crippen LogP contribution is 1.93. The van der Waals surface area contributed by atoms with Crippen LogP contribution in [0.2, 0.25) is 0 Å². The molecule has 1 heterocycles. The Morgan fingerprint density at radius 2 is 2.42 bits per heavy atom. The monoisotopic (exact) mass is 169 g/mol. The van der Waals surface area contributed by atoms with Gasteiger partial charge in [-0.15, -0.1) is 0 Å². The van der Waals surface area contributed by atoms with Gasteiger partial charge in [0.15, 0.2) is 0 Å². The van der Waals surface area contributed by atoms with Crippen LogP contribution in [0.15, 0.2) is 16.8 Å². The Bertz CT molecular complexity index is 196. The molecule has 0 saturated carbocycles. The molecule has 0 unspecified atom stereocenters. The summed E-state index contributed by atoms with van der Waals surface area (Å²) in [5, 5.41) is 6.85. The average Bonchev–Trinajstić information content (AvgIpc) is 2.49. The zero-order chi connectivity index (χ0) is 8.81. The Labute approximate surface area is 72.5 Å². The first-order valence-corrected chi connectivity index (χ1v) is 4.04. The van der Waals surface area contributed by atoms with Crippen LogP contribution in [0.5, 0.6) is 0 Å². The maximum atomic E-state index is 4.91. The molecule has 0 aromatic carbocycles. The molecule has 0 spiro atoms. The van der Waals surface area contributed by atoms with Gasteiger partial charge in [0, 0.05) is 19.2 Å². The van der Waals surface area contributed by atoms with Crippen molar-refractivity contribution in [1.82, 2.24) is 15.4 Å². The molecule has 4 heteroatoms. The van der Waals surface area contributed by atoms with E-state index in [-0.39, 0.29) is 0 Å². The molecule has 0 fully saturated rings. The standard InChI is InChI=1S/C8H15N3O/c1-11(2)6-5-9-7-8-3-4-10-12-8/h3-4,9H,5-7H2,1-2H3. The fourth-order valence-corrected chi connectivity index (χ4v) is 0.848. The number of nitrogens with one attached hydrogen (secondary N) is 1.